The Balaban J connectivity index is 1.40. The third kappa shape index (κ3) is 4.49. The highest BCUT2D eigenvalue weighted by molar-refractivity contribution is 5.81. The molecule has 1 aromatic heterocycles. The second-order valence-electron chi connectivity index (χ2n) is 7.55. The Labute approximate surface area is 187 Å². The number of nitrogens with zero attached hydrogens (tertiary/aromatic N) is 1. The number of ether oxygens (including phenoxy) is 1. The highest BCUT2D eigenvalue weighted by Gasteiger charge is 2.30. The summed E-state index contributed by atoms with van der Waals surface area (Å²) in [6.45, 7) is 0.915. The number of benzene rings is 2. The Morgan fingerprint density at radius 3 is 2.30 bits per heavy atom. The number of amides is 1. The van der Waals surface area contributed by atoms with Crippen LogP contribution in [0.3, 0.4) is 0 Å². The predicted octanol–water partition coefficient (Wildman–Crippen LogP) is 1.27. The molecule has 0 bridgehead atoms. The minimum absolute atomic E-state index is 0.0195. The summed E-state index contributed by atoms with van der Waals surface area (Å²) in [7, 11) is 0. The van der Waals surface area contributed by atoms with Crippen LogP contribution in [0, 0.1) is 6.92 Å². The van der Waals surface area contributed by atoms with E-state index >= 15 is 0 Å². The molecule has 33 heavy (non-hydrogen) atoms. The standard InChI is InChI=1S/C23H21N3O7/c1-13-10-26(22(30)25-20(13)27)33-12-19(21(28)29)24-23(31)32-11-18-16-8-4-2-6-14(16)15-7-3-5-9-17(15)18/h2-10,18-19H,11-12H2,1H3,(H,24,31)(H,28,29)(H,25,27,30)/t19-/m0/s1. The summed E-state index contributed by atoms with van der Waals surface area (Å²) in [5.41, 5.74) is 2.95. The lowest BCUT2D eigenvalue weighted by Crippen LogP contribution is -2.48. The van der Waals surface area contributed by atoms with E-state index in [-0.39, 0.29) is 18.1 Å². The van der Waals surface area contributed by atoms with Crippen LogP contribution >= 0.6 is 0 Å². The van der Waals surface area contributed by atoms with E-state index in [4.69, 9.17) is 9.57 Å². The Hall–Kier alpha value is -4.34. The van der Waals surface area contributed by atoms with Crippen LogP contribution in [0.25, 0.3) is 11.1 Å². The number of aryl methyl sites for hydroxylation is 1. The van der Waals surface area contributed by atoms with E-state index in [1.165, 1.54) is 6.92 Å². The summed E-state index contributed by atoms with van der Waals surface area (Å²) >= 11 is 0. The molecule has 1 atom stereocenters. The third-order valence-electron chi connectivity index (χ3n) is 5.40. The van der Waals surface area contributed by atoms with E-state index in [9.17, 15) is 24.3 Å². The minimum Gasteiger partial charge on any atom is -0.480 e. The summed E-state index contributed by atoms with van der Waals surface area (Å²) in [6.07, 6.45) is 0.200. The number of nitrogens with one attached hydrogen (secondary N) is 2. The van der Waals surface area contributed by atoms with Gasteiger partial charge in [-0.25, -0.2) is 14.4 Å². The first kappa shape index (κ1) is 21.9. The van der Waals surface area contributed by atoms with Gasteiger partial charge in [0.2, 0.25) is 0 Å². The molecule has 3 aromatic rings. The van der Waals surface area contributed by atoms with Crippen LogP contribution in [0.4, 0.5) is 4.79 Å². The van der Waals surface area contributed by atoms with E-state index < -0.39 is 36.0 Å². The van der Waals surface area contributed by atoms with E-state index in [0.29, 0.717) is 4.73 Å². The first-order valence-corrected chi connectivity index (χ1v) is 10.2. The van der Waals surface area contributed by atoms with E-state index in [1.54, 1.807) is 0 Å². The fraction of sp³-hybridized carbons (Fsp3) is 0.217. The number of rotatable bonds is 7. The van der Waals surface area contributed by atoms with Crippen LogP contribution in [0.2, 0.25) is 0 Å². The first-order chi connectivity index (χ1) is 15.8. The maximum Gasteiger partial charge on any atom is 0.407 e. The molecule has 0 unspecified atom stereocenters. The lowest BCUT2D eigenvalue weighted by molar-refractivity contribution is -0.141. The number of aromatic amines is 1. The summed E-state index contributed by atoms with van der Waals surface area (Å²) in [6, 6.07) is 14.2. The van der Waals surface area contributed by atoms with Gasteiger partial charge in [0.25, 0.3) is 5.56 Å². The summed E-state index contributed by atoms with van der Waals surface area (Å²) in [4.78, 5) is 54.3. The molecule has 0 saturated heterocycles. The number of aromatic nitrogens is 2. The molecule has 0 fully saturated rings. The van der Waals surface area contributed by atoms with Crippen LogP contribution in [0.1, 0.15) is 22.6 Å². The molecular weight excluding hydrogens is 430 g/mol. The second-order valence-corrected chi connectivity index (χ2v) is 7.55. The smallest absolute Gasteiger partial charge is 0.407 e. The number of carbonyl (C=O) groups excluding carboxylic acids is 1. The molecule has 0 radical (unpaired) electrons. The molecule has 0 saturated carbocycles. The van der Waals surface area contributed by atoms with Gasteiger partial charge in [-0.05, 0) is 29.2 Å². The number of carbonyl (C=O) groups is 2. The maximum absolute atomic E-state index is 12.3. The van der Waals surface area contributed by atoms with Crippen molar-refractivity contribution in [3.63, 3.8) is 0 Å². The quantitative estimate of drug-likeness (QED) is 0.491. The topological polar surface area (TPSA) is 140 Å². The number of carboxylic acid groups (broad SMARTS) is 1. The number of fused-ring (bicyclic) bond motifs is 3. The zero-order valence-electron chi connectivity index (χ0n) is 17.6. The molecule has 170 valence electrons. The van der Waals surface area contributed by atoms with Crippen LogP contribution in [-0.2, 0) is 9.53 Å². The van der Waals surface area contributed by atoms with Crippen molar-refractivity contribution >= 4 is 12.1 Å². The highest BCUT2D eigenvalue weighted by atomic mass is 16.7. The SMILES string of the molecule is Cc1cn(OC[C@H](NC(=O)OCC2c3ccccc3-c3ccccc32)C(=O)O)c(=O)[nH]c1=O. The largest absolute Gasteiger partial charge is 0.480 e. The normalized spacial score (nSPS) is 13.0. The average Bonchev–Trinajstić information content (AvgIpc) is 3.12. The Bertz CT molecular complexity index is 1280. The predicted molar refractivity (Wildman–Crippen MR) is 117 cm³/mol. The van der Waals surface area contributed by atoms with Gasteiger partial charge in [0.1, 0.15) is 13.2 Å². The summed E-state index contributed by atoms with van der Waals surface area (Å²) in [5, 5.41) is 11.6. The Morgan fingerprint density at radius 1 is 1.09 bits per heavy atom. The fourth-order valence-electron chi connectivity index (χ4n) is 3.75. The van der Waals surface area contributed by atoms with Gasteiger partial charge in [-0.1, -0.05) is 48.5 Å². The highest BCUT2D eigenvalue weighted by Crippen LogP contribution is 2.44. The van der Waals surface area contributed by atoms with Crippen molar-refractivity contribution in [2.75, 3.05) is 13.2 Å². The van der Waals surface area contributed by atoms with Gasteiger partial charge in [0.15, 0.2) is 6.04 Å². The van der Waals surface area contributed by atoms with Crippen molar-refractivity contribution in [3.8, 4) is 11.1 Å². The first-order valence-electron chi connectivity index (χ1n) is 10.2. The van der Waals surface area contributed by atoms with Crippen molar-refractivity contribution in [3.05, 3.63) is 92.3 Å². The molecule has 10 heteroatoms. The van der Waals surface area contributed by atoms with Crippen molar-refractivity contribution < 1.29 is 24.3 Å². The van der Waals surface area contributed by atoms with Gasteiger partial charge in [-0.3, -0.25) is 9.78 Å². The molecule has 4 rings (SSSR count). The Kier molecular flexibility index (Phi) is 5.99. The van der Waals surface area contributed by atoms with Gasteiger partial charge in [0, 0.05) is 11.5 Å². The molecule has 2 aromatic carbocycles. The molecule has 1 amide bonds. The molecule has 0 aliphatic heterocycles. The Morgan fingerprint density at radius 2 is 1.70 bits per heavy atom. The van der Waals surface area contributed by atoms with E-state index in [2.05, 4.69) is 5.32 Å². The molecule has 1 heterocycles. The molecular formula is C23H21N3O7. The fourth-order valence-corrected chi connectivity index (χ4v) is 3.75. The van der Waals surface area contributed by atoms with Crippen molar-refractivity contribution in [1.29, 1.82) is 0 Å². The summed E-state index contributed by atoms with van der Waals surface area (Å²) in [5.74, 6) is -1.55. The lowest BCUT2D eigenvalue weighted by Gasteiger charge is -2.18. The lowest BCUT2D eigenvalue weighted by atomic mass is 9.98. The van der Waals surface area contributed by atoms with Gasteiger partial charge in [-0.2, -0.15) is 0 Å². The number of H-pyrrole nitrogens is 1. The van der Waals surface area contributed by atoms with E-state index in [0.717, 1.165) is 28.5 Å². The van der Waals surface area contributed by atoms with Crippen LogP contribution < -0.4 is 21.4 Å². The molecule has 10 nitrogen and oxygen atoms in total. The number of aliphatic carboxylic acids is 1. The minimum atomic E-state index is -1.49. The second kappa shape index (κ2) is 9.03. The van der Waals surface area contributed by atoms with Crippen molar-refractivity contribution in [1.82, 2.24) is 15.0 Å². The van der Waals surface area contributed by atoms with Gasteiger partial charge < -0.3 is 20.0 Å². The molecule has 1 aliphatic carbocycles. The van der Waals surface area contributed by atoms with Crippen LogP contribution in [-0.4, -0.2) is 46.1 Å². The van der Waals surface area contributed by atoms with Crippen molar-refractivity contribution in [2.45, 2.75) is 18.9 Å². The third-order valence-corrected chi connectivity index (χ3v) is 5.40. The van der Waals surface area contributed by atoms with Crippen molar-refractivity contribution in [2.24, 2.45) is 0 Å². The number of hydrogen-bond acceptors (Lipinski definition) is 6. The summed E-state index contributed by atoms with van der Waals surface area (Å²) < 4.78 is 6.05. The monoisotopic (exact) mass is 451 g/mol. The molecule has 3 N–H and O–H groups in total. The van der Waals surface area contributed by atoms with Crippen LogP contribution in [0.15, 0.2) is 64.3 Å². The molecule has 1 aliphatic rings. The number of carboxylic acids is 1. The number of hydrogen-bond donors (Lipinski definition) is 3. The average molecular weight is 451 g/mol. The zero-order chi connectivity index (χ0) is 23.5. The van der Waals surface area contributed by atoms with Crippen LogP contribution in [0.5, 0.6) is 0 Å². The zero-order valence-corrected chi connectivity index (χ0v) is 17.6. The molecule has 0 spiro atoms. The van der Waals surface area contributed by atoms with E-state index in [1.807, 2.05) is 53.5 Å². The number of alkyl carbamates (subject to hydrolysis) is 1. The van der Waals surface area contributed by atoms with Gasteiger partial charge in [-0.15, -0.1) is 4.73 Å². The van der Waals surface area contributed by atoms with Gasteiger partial charge in [0.05, 0.1) is 6.20 Å². The van der Waals surface area contributed by atoms with Gasteiger partial charge >= 0.3 is 17.8 Å². The maximum atomic E-state index is 12.3.